The van der Waals surface area contributed by atoms with E-state index >= 15 is 0 Å². The molecule has 0 amide bonds. The fraction of sp³-hybridized carbons (Fsp3) is 0.800. The van der Waals surface area contributed by atoms with E-state index < -0.39 is 0 Å². The summed E-state index contributed by atoms with van der Waals surface area (Å²) in [6.45, 7) is 2.27. The Morgan fingerprint density at radius 3 is 2.30 bits per heavy atom. The van der Waals surface area contributed by atoms with E-state index in [4.69, 9.17) is 0 Å². The van der Waals surface area contributed by atoms with Gasteiger partial charge in [0, 0.05) is 0 Å². The molecule has 0 fully saturated rings. The fourth-order valence-corrected chi connectivity index (χ4v) is 1.25. The van der Waals surface area contributed by atoms with Gasteiger partial charge in [0.15, 0.2) is 0 Å². The average Bonchev–Trinajstić information content (AvgIpc) is 2.71. The van der Waals surface area contributed by atoms with Gasteiger partial charge in [-0.05, 0) is 12.3 Å². The molecule has 0 aliphatic heterocycles. The highest BCUT2D eigenvalue weighted by Gasteiger charge is 2.08. The molecule has 0 bridgehead atoms. The van der Waals surface area contributed by atoms with Gasteiger partial charge in [0.2, 0.25) is 0 Å². The van der Waals surface area contributed by atoms with Crippen molar-refractivity contribution in [1.82, 2.24) is 0 Å². The summed E-state index contributed by atoms with van der Waals surface area (Å²) in [5.74, 6) is 0.904. The minimum absolute atomic E-state index is 0.904. The molecule has 0 atom stereocenters. The number of hydrogen-bond donors (Lipinski definition) is 0. The topological polar surface area (TPSA) is 0 Å². The van der Waals surface area contributed by atoms with Crippen LogP contribution in [0.3, 0.4) is 0 Å². The van der Waals surface area contributed by atoms with E-state index in [9.17, 15) is 0 Å². The summed E-state index contributed by atoms with van der Waals surface area (Å²) in [7, 11) is 0. The molecule has 1 rings (SSSR count). The third-order valence-electron chi connectivity index (χ3n) is 2.11. The van der Waals surface area contributed by atoms with Gasteiger partial charge in [-0.3, -0.25) is 0 Å². The van der Waals surface area contributed by atoms with Gasteiger partial charge in [0.05, 0.1) is 0 Å². The molecule has 0 aromatic carbocycles. The van der Waals surface area contributed by atoms with E-state index in [0.717, 1.165) is 5.92 Å². The highest BCUT2D eigenvalue weighted by molar-refractivity contribution is 5.12. The van der Waals surface area contributed by atoms with Gasteiger partial charge in [-0.2, -0.15) is 0 Å². The van der Waals surface area contributed by atoms with Crippen LogP contribution in [0.2, 0.25) is 0 Å². The Balaban J connectivity index is 1.68. The number of rotatable bonds is 6. The maximum absolute atomic E-state index is 2.31. The summed E-state index contributed by atoms with van der Waals surface area (Å²) in [6, 6.07) is 0. The van der Waals surface area contributed by atoms with Crippen LogP contribution in [0.15, 0.2) is 12.2 Å². The zero-order valence-electron chi connectivity index (χ0n) is 6.97. The van der Waals surface area contributed by atoms with E-state index in [2.05, 4.69) is 19.1 Å². The molecule has 1 aliphatic carbocycles. The second-order valence-corrected chi connectivity index (χ2v) is 3.25. The first kappa shape index (κ1) is 7.84. The summed E-state index contributed by atoms with van der Waals surface area (Å²) in [6.07, 6.45) is 13.2. The van der Waals surface area contributed by atoms with Gasteiger partial charge < -0.3 is 0 Å². The van der Waals surface area contributed by atoms with Crippen molar-refractivity contribution in [2.45, 2.75) is 45.4 Å². The van der Waals surface area contributed by atoms with Gasteiger partial charge in [0.25, 0.3) is 0 Å². The molecule has 0 saturated heterocycles. The van der Waals surface area contributed by atoms with Crippen molar-refractivity contribution in [1.29, 1.82) is 0 Å². The third kappa shape index (κ3) is 3.71. The molecule has 0 heterocycles. The fourth-order valence-electron chi connectivity index (χ4n) is 1.25. The highest BCUT2D eigenvalue weighted by atomic mass is 14.1. The maximum atomic E-state index is 2.31. The first-order valence-corrected chi connectivity index (χ1v) is 4.62. The standard InChI is InChI=1S/C10H18/c1-2-3-4-5-6-7-10-8-9-10/h8-10H,2-7H2,1H3. The molecule has 0 spiro atoms. The molecule has 0 aromatic rings. The van der Waals surface area contributed by atoms with Crippen LogP contribution in [0.1, 0.15) is 45.4 Å². The Bertz CT molecular complexity index is 96.6. The van der Waals surface area contributed by atoms with Gasteiger partial charge in [-0.25, -0.2) is 0 Å². The lowest BCUT2D eigenvalue weighted by atomic mass is 10.1. The molecule has 0 nitrogen and oxygen atoms in total. The first-order valence-electron chi connectivity index (χ1n) is 4.62. The molecule has 10 heavy (non-hydrogen) atoms. The van der Waals surface area contributed by atoms with Gasteiger partial charge in [-0.15, -0.1) is 0 Å². The minimum atomic E-state index is 0.904. The molecule has 0 unspecified atom stereocenters. The molecular formula is C10H18. The van der Waals surface area contributed by atoms with Crippen molar-refractivity contribution in [3.8, 4) is 0 Å². The van der Waals surface area contributed by atoms with Gasteiger partial charge >= 0.3 is 0 Å². The van der Waals surface area contributed by atoms with Crippen LogP contribution in [0.4, 0.5) is 0 Å². The molecule has 0 aromatic heterocycles. The van der Waals surface area contributed by atoms with Crippen LogP contribution < -0.4 is 0 Å². The summed E-state index contributed by atoms with van der Waals surface area (Å²) >= 11 is 0. The van der Waals surface area contributed by atoms with E-state index in [0.29, 0.717) is 0 Å². The maximum Gasteiger partial charge on any atom is -0.00531 e. The quantitative estimate of drug-likeness (QED) is 0.389. The largest absolute Gasteiger partial charge is 0.0810 e. The summed E-state index contributed by atoms with van der Waals surface area (Å²) in [4.78, 5) is 0. The monoisotopic (exact) mass is 138 g/mol. The second kappa shape index (κ2) is 4.54. The van der Waals surface area contributed by atoms with Crippen molar-refractivity contribution in [3.05, 3.63) is 12.2 Å². The van der Waals surface area contributed by atoms with Crippen LogP contribution in [0, 0.1) is 5.92 Å². The van der Waals surface area contributed by atoms with Crippen LogP contribution in [-0.4, -0.2) is 0 Å². The molecule has 58 valence electrons. The number of hydrogen-bond acceptors (Lipinski definition) is 0. The first-order chi connectivity index (χ1) is 4.93. The van der Waals surface area contributed by atoms with E-state index in [-0.39, 0.29) is 0 Å². The van der Waals surface area contributed by atoms with E-state index in [1.807, 2.05) is 0 Å². The molecular weight excluding hydrogens is 120 g/mol. The SMILES string of the molecule is CCCCCCCC1C=C1. The van der Waals surface area contributed by atoms with Crippen LogP contribution in [0.25, 0.3) is 0 Å². The molecule has 0 radical (unpaired) electrons. The van der Waals surface area contributed by atoms with Crippen molar-refractivity contribution >= 4 is 0 Å². The lowest BCUT2D eigenvalue weighted by Crippen LogP contribution is -1.80. The highest BCUT2D eigenvalue weighted by Crippen LogP contribution is 2.23. The van der Waals surface area contributed by atoms with E-state index in [1.54, 1.807) is 0 Å². The molecule has 0 heteroatoms. The smallest absolute Gasteiger partial charge is 0.00531 e. The predicted molar refractivity (Wildman–Crippen MR) is 46.0 cm³/mol. The zero-order valence-corrected chi connectivity index (χ0v) is 6.97. The summed E-state index contributed by atoms with van der Waals surface area (Å²) < 4.78 is 0. The van der Waals surface area contributed by atoms with Gasteiger partial charge in [-0.1, -0.05) is 51.2 Å². The molecule has 0 N–H and O–H groups in total. The van der Waals surface area contributed by atoms with Crippen LogP contribution >= 0.6 is 0 Å². The third-order valence-corrected chi connectivity index (χ3v) is 2.11. The van der Waals surface area contributed by atoms with Crippen LogP contribution in [0.5, 0.6) is 0 Å². The van der Waals surface area contributed by atoms with Crippen molar-refractivity contribution in [3.63, 3.8) is 0 Å². The zero-order chi connectivity index (χ0) is 7.23. The Hall–Kier alpha value is -0.260. The van der Waals surface area contributed by atoms with Gasteiger partial charge in [0.1, 0.15) is 0 Å². The Morgan fingerprint density at radius 2 is 1.70 bits per heavy atom. The normalized spacial score (nSPS) is 16.1. The Kier molecular flexibility index (Phi) is 3.56. The molecule has 0 saturated carbocycles. The van der Waals surface area contributed by atoms with Crippen LogP contribution in [-0.2, 0) is 0 Å². The van der Waals surface area contributed by atoms with E-state index in [1.165, 1.54) is 38.5 Å². The lowest BCUT2D eigenvalue weighted by Gasteiger charge is -1.97. The van der Waals surface area contributed by atoms with Crippen molar-refractivity contribution in [2.75, 3.05) is 0 Å². The molecule has 1 aliphatic rings. The Labute approximate surface area is 64.3 Å². The number of allylic oxidation sites excluding steroid dienone is 2. The lowest BCUT2D eigenvalue weighted by molar-refractivity contribution is 0.594. The van der Waals surface area contributed by atoms with Crippen molar-refractivity contribution < 1.29 is 0 Å². The average molecular weight is 138 g/mol. The second-order valence-electron chi connectivity index (χ2n) is 3.25. The summed E-state index contributed by atoms with van der Waals surface area (Å²) in [5.41, 5.74) is 0. The Morgan fingerprint density at radius 1 is 1.00 bits per heavy atom. The minimum Gasteiger partial charge on any atom is -0.0810 e. The van der Waals surface area contributed by atoms with Crippen molar-refractivity contribution in [2.24, 2.45) is 5.92 Å². The summed E-state index contributed by atoms with van der Waals surface area (Å²) in [5, 5.41) is 0. The predicted octanol–water partition coefficient (Wildman–Crippen LogP) is 3.53. The number of unbranched alkanes of at least 4 members (excludes halogenated alkanes) is 4.